The lowest BCUT2D eigenvalue weighted by Crippen LogP contribution is -2.36. The number of hydrogen-bond donors (Lipinski definition) is 2. The summed E-state index contributed by atoms with van der Waals surface area (Å²) in [5.41, 5.74) is 1.14. The van der Waals surface area contributed by atoms with Gasteiger partial charge in [-0.05, 0) is 51.5 Å². The number of hydrogen-bond acceptors (Lipinski definition) is 5. The van der Waals surface area contributed by atoms with E-state index in [0.717, 1.165) is 10.4 Å². The van der Waals surface area contributed by atoms with Crippen LogP contribution in [0.15, 0.2) is 12.2 Å². The number of carbonyl (C=O) groups excluding carboxylic acids is 2. The molecule has 1 saturated carbocycles. The largest absolute Gasteiger partial charge is 0.481 e. The van der Waals surface area contributed by atoms with Crippen molar-refractivity contribution in [1.82, 2.24) is 0 Å². The lowest BCUT2D eigenvalue weighted by atomic mass is 9.82. The van der Waals surface area contributed by atoms with Crippen molar-refractivity contribution in [1.29, 1.82) is 0 Å². The Labute approximate surface area is 156 Å². The molecule has 6 nitrogen and oxygen atoms in total. The fraction of sp³-hybridized carbons (Fsp3) is 0.526. The third kappa shape index (κ3) is 3.16. The van der Waals surface area contributed by atoms with E-state index in [2.05, 4.69) is 5.32 Å². The second-order valence-electron chi connectivity index (χ2n) is 7.27. The number of fused-ring (bicyclic) bond motifs is 2. The fourth-order valence-corrected chi connectivity index (χ4v) is 5.00. The summed E-state index contributed by atoms with van der Waals surface area (Å²) >= 11 is 1.31. The molecule has 2 N–H and O–H groups in total. The van der Waals surface area contributed by atoms with Crippen LogP contribution in [0.5, 0.6) is 0 Å². The zero-order valence-corrected chi connectivity index (χ0v) is 16.1. The van der Waals surface area contributed by atoms with Gasteiger partial charge in [0.25, 0.3) is 0 Å². The minimum Gasteiger partial charge on any atom is -0.481 e. The van der Waals surface area contributed by atoms with E-state index in [4.69, 9.17) is 4.74 Å². The topological polar surface area (TPSA) is 92.7 Å². The average Bonchev–Trinajstić information content (AvgIpc) is 3.20. The van der Waals surface area contributed by atoms with Gasteiger partial charge in [0.15, 0.2) is 0 Å². The summed E-state index contributed by atoms with van der Waals surface area (Å²) in [5, 5.41) is 12.8. The highest BCUT2D eigenvalue weighted by Gasteiger charge is 2.51. The molecule has 4 atom stereocenters. The SMILES string of the molecule is Cc1sc(NC(=O)[C@H]2[C@@H](C(=O)O)[C@@H]3C=C[C@@H]2C3)c(C(=O)OC(C)C)c1C. The predicted molar refractivity (Wildman–Crippen MR) is 98.3 cm³/mol. The smallest absolute Gasteiger partial charge is 0.341 e. The number of esters is 1. The molecule has 3 rings (SSSR count). The van der Waals surface area contributed by atoms with Crippen molar-refractivity contribution in [2.75, 3.05) is 5.32 Å². The van der Waals surface area contributed by atoms with Crippen molar-refractivity contribution in [3.05, 3.63) is 28.2 Å². The van der Waals surface area contributed by atoms with Gasteiger partial charge < -0.3 is 15.2 Å². The second kappa shape index (κ2) is 6.87. The van der Waals surface area contributed by atoms with Gasteiger partial charge in [-0.3, -0.25) is 9.59 Å². The van der Waals surface area contributed by atoms with Gasteiger partial charge in [0, 0.05) is 4.88 Å². The lowest BCUT2D eigenvalue weighted by Gasteiger charge is -2.23. The summed E-state index contributed by atoms with van der Waals surface area (Å²) in [6.07, 6.45) is 4.27. The number of carbonyl (C=O) groups is 3. The zero-order chi connectivity index (χ0) is 19.2. The van der Waals surface area contributed by atoms with Crippen LogP contribution in [0.4, 0.5) is 5.00 Å². The summed E-state index contributed by atoms with van der Waals surface area (Å²) in [6.45, 7) is 7.23. The monoisotopic (exact) mass is 377 g/mol. The Bertz CT molecular complexity index is 794. The lowest BCUT2D eigenvalue weighted by molar-refractivity contribution is -0.146. The number of aryl methyl sites for hydroxylation is 1. The van der Waals surface area contributed by atoms with Gasteiger partial charge >= 0.3 is 11.9 Å². The molecule has 140 valence electrons. The molecule has 0 unspecified atom stereocenters. The molecular formula is C19H23NO5S. The van der Waals surface area contributed by atoms with Crippen molar-refractivity contribution < 1.29 is 24.2 Å². The van der Waals surface area contributed by atoms with Crippen molar-refractivity contribution in [2.24, 2.45) is 23.7 Å². The number of rotatable bonds is 5. The first-order valence-electron chi connectivity index (χ1n) is 8.73. The molecule has 1 amide bonds. The van der Waals surface area contributed by atoms with E-state index in [-0.39, 0.29) is 23.8 Å². The van der Waals surface area contributed by atoms with Crippen LogP contribution in [0.3, 0.4) is 0 Å². The fourth-order valence-electron chi connectivity index (χ4n) is 3.95. The predicted octanol–water partition coefficient (Wildman–Crippen LogP) is 3.39. The van der Waals surface area contributed by atoms with Crippen molar-refractivity contribution in [2.45, 2.75) is 40.2 Å². The highest BCUT2D eigenvalue weighted by Crippen LogP contribution is 2.48. The number of aliphatic carboxylic acids is 1. The molecule has 1 fully saturated rings. The number of carboxylic acid groups (broad SMARTS) is 1. The molecule has 0 aliphatic heterocycles. The van der Waals surface area contributed by atoms with Gasteiger partial charge in [-0.15, -0.1) is 11.3 Å². The Morgan fingerprint density at radius 1 is 1.19 bits per heavy atom. The highest BCUT2D eigenvalue weighted by atomic mass is 32.1. The third-order valence-electron chi connectivity index (χ3n) is 5.22. The van der Waals surface area contributed by atoms with Gasteiger partial charge in [-0.1, -0.05) is 12.2 Å². The van der Waals surface area contributed by atoms with Gasteiger partial charge in [-0.25, -0.2) is 4.79 Å². The highest BCUT2D eigenvalue weighted by molar-refractivity contribution is 7.16. The van der Waals surface area contributed by atoms with E-state index >= 15 is 0 Å². The Morgan fingerprint density at radius 2 is 1.81 bits per heavy atom. The van der Waals surface area contributed by atoms with Crippen LogP contribution in [0.2, 0.25) is 0 Å². The van der Waals surface area contributed by atoms with Gasteiger partial charge in [-0.2, -0.15) is 0 Å². The van der Waals surface area contributed by atoms with Gasteiger partial charge in [0.05, 0.1) is 23.5 Å². The van der Waals surface area contributed by atoms with E-state index in [1.165, 1.54) is 11.3 Å². The average molecular weight is 377 g/mol. The van der Waals surface area contributed by atoms with Crippen LogP contribution in [-0.4, -0.2) is 29.1 Å². The van der Waals surface area contributed by atoms with Crippen LogP contribution in [-0.2, 0) is 14.3 Å². The number of nitrogens with one attached hydrogen (secondary N) is 1. The minimum atomic E-state index is -0.944. The number of carboxylic acids is 1. The second-order valence-corrected chi connectivity index (χ2v) is 8.49. The van der Waals surface area contributed by atoms with Crippen molar-refractivity contribution in [3.63, 3.8) is 0 Å². The van der Waals surface area contributed by atoms with Crippen molar-refractivity contribution >= 4 is 34.2 Å². The molecule has 1 aromatic rings. The first-order valence-corrected chi connectivity index (χ1v) is 9.55. The molecule has 2 aliphatic rings. The number of thiophene rings is 1. The summed E-state index contributed by atoms with van der Waals surface area (Å²) in [4.78, 5) is 37.9. The number of ether oxygens (including phenoxy) is 1. The quantitative estimate of drug-likeness (QED) is 0.606. The Balaban J connectivity index is 1.86. The van der Waals surface area contributed by atoms with Crippen LogP contribution >= 0.6 is 11.3 Å². The van der Waals surface area contributed by atoms with E-state index in [9.17, 15) is 19.5 Å². The van der Waals surface area contributed by atoms with Crippen LogP contribution in [0, 0.1) is 37.5 Å². The van der Waals surface area contributed by atoms with Crippen LogP contribution in [0.1, 0.15) is 41.1 Å². The summed E-state index contributed by atoms with van der Waals surface area (Å²) in [6, 6.07) is 0. The maximum Gasteiger partial charge on any atom is 0.341 e. The minimum absolute atomic E-state index is 0.0608. The molecule has 1 aromatic heterocycles. The number of allylic oxidation sites excluding steroid dienone is 2. The van der Waals surface area contributed by atoms with Crippen LogP contribution < -0.4 is 5.32 Å². The Kier molecular flexibility index (Phi) is 4.92. The molecule has 0 aromatic carbocycles. The number of amides is 1. The third-order valence-corrected chi connectivity index (χ3v) is 6.34. The summed E-state index contributed by atoms with van der Waals surface area (Å²) < 4.78 is 5.30. The summed E-state index contributed by atoms with van der Waals surface area (Å²) in [5.74, 6) is -3.23. The maximum atomic E-state index is 12.9. The Morgan fingerprint density at radius 3 is 2.38 bits per heavy atom. The summed E-state index contributed by atoms with van der Waals surface area (Å²) in [7, 11) is 0. The molecule has 1 heterocycles. The van der Waals surface area contributed by atoms with Crippen LogP contribution in [0.25, 0.3) is 0 Å². The van der Waals surface area contributed by atoms with E-state index in [1.807, 2.05) is 26.0 Å². The van der Waals surface area contributed by atoms with E-state index < -0.39 is 23.8 Å². The molecule has 0 radical (unpaired) electrons. The molecule has 2 aliphatic carbocycles. The number of anilines is 1. The molecule has 7 heteroatoms. The standard InChI is InChI=1S/C19H23NO5S/c1-8(2)25-19(24)13-9(3)10(4)26-17(13)20-16(21)14-11-5-6-12(7-11)15(14)18(22)23/h5-6,8,11-12,14-15H,7H2,1-4H3,(H,20,21)(H,22,23)/t11-,12-,14-,15+/m1/s1. The molecular weight excluding hydrogens is 354 g/mol. The first-order chi connectivity index (χ1) is 12.2. The first kappa shape index (κ1) is 18.6. The molecule has 26 heavy (non-hydrogen) atoms. The van der Waals surface area contributed by atoms with Crippen molar-refractivity contribution in [3.8, 4) is 0 Å². The Hall–Kier alpha value is -2.15. The van der Waals surface area contributed by atoms with E-state index in [0.29, 0.717) is 17.0 Å². The van der Waals surface area contributed by atoms with Gasteiger partial charge in [0.1, 0.15) is 5.00 Å². The normalized spacial score (nSPS) is 26.3. The zero-order valence-electron chi connectivity index (χ0n) is 15.2. The molecule has 2 bridgehead atoms. The molecule has 0 spiro atoms. The van der Waals surface area contributed by atoms with Gasteiger partial charge in [0.2, 0.25) is 5.91 Å². The molecule has 0 saturated heterocycles. The van der Waals surface area contributed by atoms with E-state index in [1.54, 1.807) is 13.8 Å². The maximum absolute atomic E-state index is 12.9.